The van der Waals surface area contributed by atoms with Crippen molar-refractivity contribution in [1.82, 2.24) is 4.98 Å². The Labute approximate surface area is 118 Å². The molecule has 1 atom stereocenters. The Balaban J connectivity index is 2.29. The number of aliphatic hydroxyl groups is 1. The Hall–Kier alpha value is -1.23. The molecule has 5 heteroatoms. The highest BCUT2D eigenvalue weighted by atomic mass is 79.9. The van der Waals surface area contributed by atoms with Gasteiger partial charge in [-0.2, -0.15) is 0 Å². The van der Waals surface area contributed by atoms with Gasteiger partial charge >= 0.3 is 0 Å². The molecule has 2 rings (SSSR count). The first-order valence-electron chi connectivity index (χ1n) is 5.17. The largest absolute Gasteiger partial charge is 0.380 e. The smallest absolute Gasteiger partial charge is 0.195 e. The Morgan fingerprint density at radius 3 is 2.78 bits per heavy atom. The van der Waals surface area contributed by atoms with E-state index in [0.717, 1.165) is 4.47 Å². The lowest BCUT2D eigenvalue weighted by Gasteiger charge is -2.10. The second-order valence-electron chi connectivity index (χ2n) is 3.69. The molecule has 3 nitrogen and oxygen atoms in total. The van der Waals surface area contributed by atoms with E-state index in [0.29, 0.717) is 11.1 Å². The van der Waals surface area contributed by atoms with Gasteiger partial charge in [-0.1, -0.05) is 39.7 Å². The van der Waals surface area contributed by atoms with Crippen molar-refractivity contribution in [2.75, 3.05) is 0 Å². The molecular formula is C13H9BrClNO2. The lowest BCUT2D eigenvalue weighted by atomic mass is 10.0. The summed E-state index contributed by atoms with van der Waals surface area (Å²) in [7, 11) is 0. The normalized spacial score (nSPS) is 12.2. The molecule has 1 aromatic heterocycles. The average Bonchev–Trinajstić information content (AvgIpc) is 2.37. The Morgan fingerprint density at radius 2 is 2.11 bits per heavy atom. The summed E-state index contributed by atoms with van der Waals surface area (Å²) in [6.45, 7) is 0. The van der Waals surface area contributed by atoms with Crippen molar-refractivity contribution >= 4 is 33.3 Å². The lowest BCUT2D eigenvalue weighted by molar-refractivity contribution is 0.0747. The van der Waals surface area contributed by atoms with E-state index in [1.807, 2.05) is 6.07 Å². The van der Waals surface area contributed by atoms with Crippen LogP contribution >= 0.6 is 27.5 Å². The van der Waals surface area contributed by atoms with Crippen LogP contribution in [0.2, 0.25) is 5.15 Å². The van der Waals surface area contributed by atoms with Crippen LogP contribution in [-0.4, -0.2) is 15.9 Å². The molecule has 0 amide bonds. The van der Waals surface area contributed by atoms with Gasteiger partial charge in [0.2, 0.25) is 0 Å². The summed E-state index contributed by atoms with van der Waals surface area (Å²) in [6.07, 6.45) is 0.217. The fraction of sp³-hybridized carbons (Fsp3) is 0.0769. The number of hydrogen-bond donors (Lipinski definition) is 1. The fourth-order valence-corrected chi connectivity index (χ4v) is 2.12. The minimum Gasteiger partial charge on any atom is -0.380 e. The zero-order chi connectivity index (χ0) is 13.1. The van der Waals surface area contributed by atoms with Crippen LogP contribution in [0.4, 0.5) is 0 Å². The summed E-state index contributed by atoms with van der Waals surface area (Å²) < 4.78 is 0.785. The van der Waals surface area contributed by atoms with Crippen LogP contribution in [0.5, 0.6) is 0 Å². The molecule has 1 unspecified atom stereocenters. The molecule has 18 heavy (non-hydrogen) atoms. The number of carbonyl (C=O) groups excluding carboxylic acids is 1. The molecule has 0 saturated heterocycles. The molecule has 0 aliphatic rings. The van der Waals surface area contributed by atoms with Gasteiger partial charge in [-0.05, 0) is 29.8 Å². The zero-order valence-electron chi connectivity index (χ0n) is 9.18. The molecule has 0 aliphatic carbocycles. The molecule has 0 radical (unpaired) electrons. The highest BCUT2D eigenvalue weighted by Crippen LogP contribution is 2.21. The summed E-state index contributed by atoms with van der Waals surface area (Å²) in [4.78, 5) is 15.9. The summed E-state index contributed by atoms with van der Waals surface area (Å²) >= 11 is 9.01. The van der Waals surface area contributed by atoms with Crippen LogP contribution in [0.1, 0.15) is 22.0 Å². The number of carbonyl (C=O) groups is 1. The van der Waals surface area contributed by atoms with Crippen molar-refractivity contribution in [2.45, 2.75) is 6.10 Å². The van der Waals surface area contributed by atoms with Crippen LogP contribution < -0.4 is 0 Å². The van der Waals surface area contributed by atoms with Gasteiger partial charge in [0.1, 0.15) is 11.3 Å². The van der Waals surface area contributed by atoms with Crippen molar-refractivity contribution in [3.63, 3.8) is 0 Å². The van der Waals surface area contributed by atoms with Gasteiger partial charge in [-0.15, -0.1) is 0 Å². The van der Waals surface area contributed by atoms with Crippen molar-refractivity contribution in [2.24, 2.45) is 0 Å². The van der Waals surface area contributed by atoms with Crippen molar-refractivity contribution in [1.29, 1.82) is 0 Å². The molecule has 1 heterocycles. The molecule has 0 fully saturated rings. The number of pyridine rings is 1. The van der Waals surface area contributed by atoms with E-state index in [1.54, 1.807) is 24.3 Å². The summed E-state index contributed by atoms with van der Waals surface area (Å²) in [5, 5.41) is 10.3. The van der Waals surface area contributed by atoms with Crippen LogP contribution in [0.25, 0.3) is 0 Å². The number of ketones is 1. The van der Waals surface area contributed by atoms with Crippen molar-refractivity contribution in [3.8, 4) is 0 Å². The monoisotopic (exact) mass is 325 g/mol. The number of halogens is 2. The number of aliphatic hydroxyl groups excluding tert-OH is 1. The summed E-state index contributed by atoms with van der Waals surface area (Å²) in [5.41, 5.74) is 0.866. The Morgan fingerprint density at radius 1 is 1.33 bits per heavy atom. The number of aromatic nitrogens is 1. The Bertz CT molecular complexity index is 589. The fourth-order valence-electron chi connectivity index (χ4n) is 1.54. The summed E-state index contributed by atoms with van der Waals surface area (Å²) in [5.74, 6) is -0.376. The average molecular weight is 327 g/mol. The van der Waals surface area contributed by atoms with E-state index in [4.69, 9.17) is 11.6 Å². The van der Waals surface area contributed by atoms with Gasteiger partial charge in [-0.25, -0.2) is 4.98 Å². The third kappa shape index (κ3) is 2.96. The molecule has 0 saturated carbocycles. The third-order valence-corrected chi connectivity index (χ3v) is 3.12. The van der Waals surface area contributed by atoms with Gasteiger partial charge in [0.05, 0.1) is 0 Å². The van der Waals surface area contributed by atoms with Crippen molar-refractivity contribution < 1.29 is 9.90 Å². The van der Waals surface area contributed by atoms with Gasteiger partial charge in [0.15, 0.2) is 5.78 Å². The highest BCUT2D eigenvalue weighted by molar-refractivity contribution is 9.10. The Kier molecular flexibility index (Phi) is 4.11. The number of Topliss-reactive ketones (excluding diaryl/α,β-unsaturated/α-hetero) is 1. The second kappa shape index (κ2) is 5.61. The van der Waals surface area contributed by atoms with Crippen molar-refractivity contribution in [3.05, 3.63) is 63.3 Å². The number of nitrogens with zero attached hydrogens (tertiary/aromatic N) is 1. The molecule has 0 spiro atoms. The second-order valence-corrected chi connectivity index (χ2v) is 4.99. The standard InChI is InChI=1S/C13H9BrClNO2/c14-10-3-1-2-8(6-10)12(17)13(18)9-4-5-16-11(15)7-9/h1-7,13,18H. The minimum absolute atomic E-state index is 0.244. The number of rotatable bonds is 3. The molecule has 2 aromatic rings. The third-order valence-electron chi connectivity index (χ3n) is 2.42. The molecule has 92 valence electrons. The van der Waals surface area contributed by atoms with E-state index < -0.39 is 6.10 Å². The quantitative estimate of drug-likeness (QED) is 0.694. The molecule has 1 aromatic carbocycles. The van der Waals surface area contributed by atoms with Gasteiger partial charge in [-0.3, -0.25) is 4.79 Å². The SMILES string of the molecule is O=C(c1cccc(Br)c1)C(O)c1ccnc(Cl)c1. The number of hydrogen-bond acceptors (Lipinski definition) is 3. The van der Waals surface area contributed by atoms with Gasteiger partial charge < -0.3 is 5.11 Å². The van der Waals surface area contributed by atoms with E-state index in [9.17, 15) is 9.90 Å². The molecule has 0 bridgehead atoms. The zero-order valence-corrected chi connectivity index (χ0v) is 11.5. The predicted molar refractivity (Wildman–Crippen MR) is 72.7 cm³/mol. The van der Waals surface area contributed by atoms with Crippen LogP contribution in [0.3, 0.4) is 0 Å². The first-order valence-corrected chi connectivity index (χ1v) is 6.34. The molecular weight excluding hydrogens is 318 g/mol. The van der Waals surface area contributed by atoms with E-state index in [-0.39, 0.29) is 10.9 Å². The first kappa shape index (κ1) is 13.2. The van der Waals surface area contributed by atoms with Gasteiger partial charge in [0.25, 0.3) is 0 Å². The maximum Gasteiger partial charge on any atom is 0.195 e. The predicted octanol–water partition coefficient (Wildman–Crippen LogP) is 3.41. The maximum absolute atomic E-state index is 12.1. The van der Waals surface area contributed by atoms with Gasteiger partial charge in [0, 0.05) is 16.2 Å². The highest BCUT2D eigenvalue weighted by Gasteiger charge is 2.19. The maximum atomic E-state index is 12.1. The van der Waals surface area contributed by atoms with Crippen LogP contribution in [0, 0.1) is 0 Å². The lowest BCUT2D eigenvalue weighted by Crippen LogP contribution is -2.12. The minimum atomic E-state index is -1.24. The topological polar surface area (TPSA) is 50.2 Å². The van der Waals surface area contributed by atoms with Crippen LogP contribution in [0.15, 0.2) is 47.1 Å². The van der Waals surface area contributed by atoms with E-state index in [2.05, 4.69) is 20.9 Å². The van der Waals surface area contributed by atoms with E-state index in [1.165, 1.54) is 12.3 Å². The first-order chi connectivity index (χ1) is 8.58. The summed E-state index contributed by atoms with van der Waals surface area (Å²) in [6, 6.07) is 9.90. The molecule has 1 N–H and O–H groups in total. The van der Waals surface area contributed by atoms with Crippen LogP contribution in [-0.2, 0) is 0 Å². The number of benzene rings is 1. The van der Waals surface area contributed by atoms with E-state index >= 15 is 0 Å². The molecule has 0 aliphatic heterocycles.